The molecule has 52 heavy (non-hydrogen) atoms. The molecule has 1 heteroatoms. The summed E-state index contributed by atoms with van der Waals surface area (Å²) in [4.78, 5) is 2.37. The summed E-state index contributed by atoms with van der Waals surface area (Å²) in [5, 5.41) is 0. The van der Waals surface area contributed by atoms with Crippen molar-refractivity contribution in [3.05, 3.63) is 235 Å². The van der Waals surface area contributed by atoms with Gasteiger partial charge in [-0.05, 0) is 87.0 Å². The summed E-state index contributed by atoms with van der Waals surface area (Å²) in [6, 6.07) is 75.6. The van der Waals surface area contributed by atoms with E-state index in [1.54, 1.807) is 0 Å². The van der Waals surface area contributed by atoms with E-state index < -0.39 is 5.41 Å². The van der Waals surface area contributed by atoms with Crippen LogP contribution in [-0.2, 0) is 5.41 Å². The van der Waals surface area contributed by atoms with Crippen LogP contribution in [0.2, 0.25) is 0 Å². The summed E-state index contributed by atoms with van der Waals surface area (Å²) in [6.45, 7) is 0. The quantitative estimate of drug-likeness (QED) is 0.160. The largest absolute Gasteiger partial charge is 0.310 e. The van der Waals surface area contributed by atoms with Crippen molar-refractivity contribution in [2.24, 2.45) is 0 Å². The van der Waals surface area contributed by atoms with E-state index in [4.69, 9.17) is 0 Å². The Morgan fingerprint density at radius 3 is 1.40 bits per heavy atom. The summed E-state index contributed by atoms with van der Waals surface area (Å²) in [7, 11) is 0. The number of fused-ring (bicyclic) bond motifs is 3. The summed E-state index contributed by atoms with van der Waals surface area (Å²) in [5.41, 5.74) is 14.3. The van der Waals surface area contributed by atoms with Crippen LogP contribution in [0.25, 0.3) is 33.4 Å². The summed E-state index contributed by atoms with van der Waals surface area (Å²) >= 11 is 0. The molecule has 0 radical (unpaired) electrons. The van der Waals surface area contributed by atoms with Crippen LogP contribution in [0.4, 0.5) is 17.1 Å². The molecule has 1 aliphatic carbocycles. The predicted molar refractivity (Wildman–Crippen MR) is 217 cm³/mol. The highest BCUT2D eigenvalue weighted by atomic mass is 15.1. The monoisotopic (exact) mass is 661 g/mol. The average Bonchev–Trinajstić information content (AvgIpc) is 3.53. The van der Waals surface area contributed by atoms with Gasteiger partial charge >= 0.3 is 0 Å². The van der Waals surface area contributed by atoms with E-state index in [9.17, 15) is 0 Å². The van der Waals surface area contributed by atoms with Gasteiger partial charge in [0.2, 0.25) is 0 Å². The molecular weight excluding hydrogens is 627 g/mol. The average molecular weight is 662 g/mol. The van der Waals surface area contributed by atoms with Crippen LogP contribution in [0.5, 0.6) is 0 Å². The molecule has 1 aliphatic rings. The van der Waals surface area contributed by atoms with Gasteiger partial charge in [0.1, 0.15) is 5.41 Å². The fourth-order valence-electron chi connectivity index (χ4n) is 7.68. The Hall–Kier alpha value is -6.88. The van der Waals surface area contributed by atoms with Crippen molar-refractivity contribution in [1.82, 2.24) is 0 Å². The molecule has 8 aromatic carbocycles. The number of benzene rings is 8. The van der Waals surface area contributed by atoms with Crippen molar-refractivity contribution in [3.8, 4) is 45.2 Å². The summed E-state index contributed by atoms with van der Waals surface area (Å²) < 4.78 is 0. The molecule has 0 bridgehead atoms. The van der Waals surface area contributed by atoms with Crippen molar-refractivity contribution >= 4 is 17.1 Å². The van der Waals surface area contributed by atoms with Gasteiger partial charge in [0.25, 0.3) is 0 Å². The lowest BCUT2D eigenvalue weighted by Gasteiger charge is -2.30. The zero-order valence-electron chi connectivity index (χ0n) is 28.7. The number of hydrogen-bond acceptors (Lipinski definition) is 1. The Balaban J connectivity index is 1.27. The van der Waals surface area contributed by atoms with Crippen LogP contribution >= 0.6 is 0 Å². The van der Waals surface area contributed by atoms with Gasteiger partial charge < -0.3 is 4.90 Å². The molecule has 1 atom stereocenters. The first-order valence-corrected chi connectivity index (χ1v) is 17.8. The molecule has 0 aromatic heterocycles. The minimum absolute atomic E-state index is 0.714. The van der Waals surface area contributed by atoms with E-state index in [1.165, 1.54) is 44.5 Å². The van der Waals surface area contributed by atoms with E-state index in [2.05, 4.69) is 229 Å². The zero-order valence-corrected chi connectivity index (χ0v) is 28.7. The lowest BCUT2D eigenvalue weighted by Crippen LogP contribution is -2.25. The Labute approximate surface area is 306 Å². The zero-order chi connectivity index (χ0) is 34.7. The van der Waals surface area contributed by atoms with Crippen LogP contribution in [0.3, 0.4) is 0 Å². The molecule has 0 aliphatic heterocycles. The SMILES string of the molecule is C(#CC1(c2ccc(-c3ccccc3)cc2)c2ccccc2-c2c(N(c3ccccc3)c3ccccc3)cccc21)c1ccc(-c2ccccc2)cc1. The van der Waals surface area contributed by atoms with Gasteiger partial charge in [0, 0.05) is 22.5 Å². The van der Waals surface area contributed by atoms with Crippen LogP contribution in [0.1, 0.15) is 22.3 Å². The third-order valence-corrected chi connectivity index (χ3v) is 10.1. The van der Waals surface area contributed by atoms with Crippen LogP contribution in [0.15, 0.2) is 212 Å². The van der Waals surface area contributed by atoms with Crippen LogP contribution in [-0.4, -0.2) is 0 Å². The van der Waals surface area contributed by atoms with Crippen molar-refractivity contribution < 1.29 is 0 Å². The Morgan fingerprint density at radius 2 is 0.827 bits per heavy atom. The Kier molecular flexibility index (Phi) is 8.05. The number of rotatable bonds is 6. The molecule has 0 amide bonds. The van der Waals surface area contributed by atoms with Crippen LogP contribution < -0.4 is 4.90 Å². The molecule has 0 heterocycles. The van der Waals surface area contributed by atoms with Gasteiger partial charge in [-0.3, -0.25) is 0 Å². The van der Waals surface area contributed by atoms with E-state index in [0.29, 0.717) is 0 Å². The predicted octanol–water partition coefficient (Wildman–Crippen LogP) is 12.9. The number of para-hydroxylation sites is 2. The standard InChI is InChI=1S/C51H35N/c1-5-16-39(17-6-1)41-30-28-38(29-31-41)36-37-51(43-34-32-42(33-35-43)40-18-7-2-8-19-40)47-25-14-13-24-46(47)50-48(51)26-15-27-49(50)52(44-20-9-3-10-21-44)45-22-11-4-12-23-45/h1-35H. The second kappa shape index (κ2) is 13.4. The van der Waals surface area contributed by atoms with Gasteiger partial charge in [0.05, 0.1) is 5.69 Å². The molecule has 8 aromatic rings. The maximum absolute atomic E-state index is 3.94. The van der Waals surface area contributed by atoms with E-state index in [0.717, 1.165) is 28.2 Å². The topological polar surface area (TPSA) is 3.24 Å². The summed E-state index contributed by atoms with van der Waals surface area (Å²) in [5.74, 6) is 7.62. The molecule has 9 rings (SSSR count). The van der Waals surface area contributed by atoms with Crippen molar-refractivity contribution in [1.29, 1.82) is 0 Å². The lowest BCUT2D eigenvalue weighted by molar-refractivity contribution is 0.837. The van der Waals surface area contributed by atoms with Crippen molar-refractivity contribution in [2.45, 2.75) is 5.41 Å². The van der Waals surface area contributed by atoms with E-state index in [1.807, 2.05) is 0 Å². The fourth-order valence-corrected chi connectivity index (χ4v) is 7.68. The first kappa shape index (κ1) is 31.1. The molecule has 1 nitrogen and oxygen atoms in total. The lowest BCUT2D eigenvalue weighted by atomic mass is 9.72. The minimum atomic E-state index is -0.714. The van der Waals surface area contributed by atoms with E-state index >= 15 is 0 Å². The molecule has 1 unspecified atom stereocenters. The molecular formula is C51H35N. The van der Waals surface area contributed by atoms with Crippen molar-refractivity contribution in [2.75, 3.05) is 4.90 Å². The molecule has 0 spiro atoms. The highest BCUT2D eigenvalue weighted by Crippen LogP contribution is 2.56. The fraction of sp³-hybridized carbons (Fsp3) is 0.0196. The number of anilines is 3. The smallest absolute Gasteiger partial charge is 0.108 e. The normalized spacial score (nSPS) is 14.1. The molecule has 244 valence electrons. The van der Waals surface area contributed by atoms with Gasteiger partial charge in [0.15, 0.2) is 0 Å². The molecule has 0 saturated carbocycles. The highest BCUT2D eigenvalue weighted by molar-refractivity contribution is 5.97. The first-order valence-electron chi connectivity index (χ1n) is 17.8. The second-order valence-corrected chi connectivity index (χ2v) is 13.1. The van der Waals surface area contributed by atoms with Crippen LogP contribution in [0, 0.1) is 11.8 Å². The highest BCUT2D eigenvalue weighted by Gasteiger charge is 2.45. The van der Waals surface area contributed by atoms with Gasteiger partial charge in [-0.1, -0.05) is 182 Å². The minimum Gasteiger partial charge on any atom is -0.310 e. The molecule has 0 N–H and O–H groups in total. The van der Waals surface area contributed by atoms with E-state index in [-0.39, 0.29) is 0 Å². The molecule has 0 saturated heterocycles. The third kappa shape index (κ3) is 5.48. The number of hydrogen-bond donors (Lipinski definition) is 0. The number of nitrogens with zero attached hydrogens (tertiary/aromatic N) is 1. The Morgan fingerprint density at radius 1 is 0.365 bits per heavy atom. The van der Waals surface area contributed by atoms with Gasteiger partial charge in [-0.25, -0.2) is 0 Å². The second-order valence-electron chi connectivity index (χ2n) is 13.1. The maximum atomic E-state index is 3.94. The molecule has 0 fully saturated rings. The summed E-state index contributed by atoms with van der Waals surface area (Å²) in [6.07, 6.45) is 0. The third-order valence-electron chi connectivity index (χ3n) is 10.1. The maximum Gasteiger partial charge on any atom is 0.108 e. The van der Waals surface area contributed by atoms with Gasteiger partial charge in [-0.2, -0.15) is 0 Å². The first-order chi connectivity index (χ1) is 25.8. The van der Waals surface area contributed by atoms with Crippen molar-refractivity contribution in [3.63, 3.8) is 0 Å². The Bertz CT molecular complexity index is 2490. The van der Waals surface area contributed by atoms with Gasteiger partial charge in [-0.15, -0.1) is 0 Å².